The second-order valence-corrected chi connectivity index (χ2v) is 9.71. The third-order valence-corrected chi connectivity index (χ3v) is 6.84. The van der Waals surface area contributed by atoms with E-state index >= 15 is 0 Å². The molecule has 31 heavy (non-hydrogen) atoms. The van der Waals surface area contributed by atoms with Gasteiger partial charge in [0.1, 0.15) is 5.75 Å². The number of fused-ring (bicyclic) bond motifs is 1. The van der Waals surface area contributed by atoms with Gasteiger partial charge in [0, 0.05) is 29.2 Å². The van der Waals surface area contributed by atoms with Gasteiger partial charge in [-0.3, -0.25) is 4.72 Å². The molecule has 0 unspecified atom stereocenters. The van der Waals surface area contributed by atoms with Gasteiger partial charge in [0.05, 0.1) is 22.7 Å². The van der Waals surface area contributed by atoms with Crippen LogP contribution >= 0.6 is 0 Å². The van der Waals surface area contributed by atoms with Crippen molar-refractivity contribution in [3.63, 3.8) is 0 Å². The molecule has 1 aliphatic rings. The zero-order valence-electron chi connectivity index (χ0n) is 17.1. The number of nitrogens with zero attached hydrogens (tertiary/aromatic N) is 1. The fraction of sp³-hybridized carbons (Fsp3) is 0.364. The average Bonchev–Trinajstić information content (AvgIpc) is 3.47. The smallest absolute Gasteiger partial charge is 0.387 e. The second kappa shape index (κ2) is 8.37. The Morgan fingerprint density at radius 3 is 2.52 bits per heavy atom. The number of ether oxygens (including phenoxy) is 1. The van der Waals surface area contributed by atoms with Gasteiger partial charge in [0.15, 0.2) is 0 Å². The Kier molecular flexibility index (Phi) is 5.79. The molecular formula is C22H25F2N3O3S. The Bertz CT molecular complexity index is 1190. The van der Waals surface area contributed by atoms with Crippen molar-refractivity contribution in [1.82, 2.24) is 4.57 Å². The molecule has 2 aromatic carbocycles. The molecule has 9 heteroatoms. The molecule has 1 aliphatic carbocycles. The number of hydrogen-bond donors (Lipinski definition) is 2. The van der Waals surface area contributed by atoms with Crippen LogP contribution in [0.1, 0.15) is 26.2 Å². The topological polar surface area (TPSA) is 86.3 Å². The highest BCUT2D eigenvalue weighted by atomic mass is 32.2. The van der Waals surface area contributed by atoms with E-state index in [4.69, 9.17) is 5.73 Å². The Morgan fingerprint density at radius 1 is 1.19 bits per heavy atom. The van der Waals surface area contributed by atoms with Crippen LogP contribution in [0.25, 0.3) is 22.2 Å². The fourth-order valence-electron chi connectivity index (χ4n) is 3.79. The molecule has 0 radical (unpaired) electrons. The van der Waals surface area contributed by atoms with Crippen LogP contribution in [0.15, 0.2) is 42.5 Å². The van der Waals surface area contributed by atoms with Crippen molar-refractivity contribution < 1.29 is 21.9 Å². The quantitative estimate of drug-likeness (QED) is 0.478. The van der Waals surface area contributed by atoms with E-state index in [0.29, 0.717) is 23.7 Å². The molecule has 3 aromatic rings. The number of sulfonamides is 1. The monoisotopic (exact) mass is 449 g/mol. The highest BCUT2D eigenvalue weighted by Gasteiger charge is 2.26. The summed E-state index contributed by atoms with van der Waals surface area (Å²) >= 11 is 0. The largest absolute Gasteiger partial charge is 0.435 e. The fourth-order valence-corrected chi connectivity index (χ4v) is 4.92. The lowest BCUT2D eigenvalue weighted by Crippen LogP contribution is -2.15. The molecule has 0 bridgehead atoms. The number of aromatic nitrogens is 1. The zero-order chi connectivity index (χ0) is 22.2. The van der Waals surface area contributed by atoms with E-state index in [1.807, 2.05) is 19.1 Å². The summed E-state index contributed by atoms with van der Waals surface area (Å²) in [6, 6.07) is 11.8. The minimum atomic E-state index is -3.38. The van der Waals surface area contributed by atoms with Crippen molar-refractivity contribution in [3.05, 3.63) is 42.5 Å². The van der Waals surface area contributed by atoms with Gasteiger partial charge in [0.25, 0.3) is 0 Å². The molecule has 0 atom stereocenters. The minimum Gasteiger partial charge on any atom is -0.435 e. The van der Waals surface area contributed by atoms with Crippen LogP contribution in [-0.2, 0) is 16.6 Å². The molecule has 0 spiro atoms. The Labute approximate surface area is 180 Å². The van der Waals surface area contributed by atoms with Crippen LogP contribution < -0.4 is 15.2 Å². The predicted molar refractivity (Wildman–Crippen MR) is 119 cm³/mol. The summed E-state index contributed by atoms with van der Waals surface area (Å²) in [6.07, 6.45) is 2.76. The molecule has 1 saturated carbocycles. The first kappa shape index (κ1) is 21.4. The van der Waals surface area contributed by atoms with Crippen molar-refractivity contribution in [2.45, 2.75) is 39.3 Å². The maximum Gasteiger partial charge on any atom is 0.387 e. The molecule has 0 aliphatic heterocycles. The normalized spacial score (nSPS) is 14.3. The number of nitrogens with one attached hydrogen (secondary N) is 1. The Morgan fingerprint density at radius 2 is 1.90 bits per heavy atom. The van der Waals surface area contributed by atoms with Gasteiger partial charge >= 0.3 is 6.61 Å². The van der Waals surface area contributed by atoms with Crippen LogP contribution in [0.3, 0.4) is 0 Å². The predicted octanol–water partition coefficient (Wildman–Crippen LogP) is 5.05. The number of nitrogen functional groups attached to an aromatic ring is 1. The van der Waals surface area contributed by atoms with E-state index < -0.39 is 16.6 Å². The standard InChI is InChI=1S/C22H25F2N3O3S/c1-2-11-31(28,29)26-16-7-5-15(6-8-16)21-20(25)18-10-9-17(30-22(23)24)12-19(18)27(21)13-14-3-4-14/h5-10,12,14,22,26H,2-4,11,13,25H2,1H3. The van der Waals surface area contributed by atoms with Crippen molar-refractivity contribution in [2.75, 3.05) is 16.2 Å². The molecule has 1 heterocycles. The van der Waals surface area contributed by atoms with Gasteiger partial charge in [-0.2, -0.15) is 8.78 Å². The van der Waals surface area contributed by atoms with Gasteiger partial charge in [-0.15, -0.1) is 0 Å². The first-order chi connectivity index (χ1) is 14.8. The number of alkyl halides is 2. The summed E-state index contributed by atoms with van der Waals surface area (Å²) in [5, 5.41) is 0.769. The molecule has 4 rings (SSSR count). The third kappa shape index (κ3) is 4.76. The van der Waals surface area contributed by atoms with E-state index in [2.05, 4.69) is 14.0 Å². The van der Waals surface area contributed by atoms with Crippen LogP contribution in [0.4, 0.5) is 20.2 Å². The Hall–Kier alpha value is -2.81. The van der Waals surface area contributed by atoms with Gasteiger partial charge in [0.2, 0.25) is 10.0 Å². The number of halogens is 2. The van der Waals surface area contributed by atoms with E-state index in [1.54, 1.807) is 24.3 Å². The maximum atomic E-state index is 12.7. The molecule has 0 saturated heterocycles. The molecule has 1 aromatic heterocycles. The van der Waals surface area contributed by atoms with Gasteiger partial charge in [-0.25, -0.2) is 8.42 Å². The number of rotatable bonds is 9. The maximum absolute atomic E-state index is 12.7. The molecule has 1 fully saturated rings. The van der Waals surface area contributed by atoms with E-state index in [1.165, 1.54) is 6.07 Å². The third-order valence-electron chi connectivity index (χ3n) is 5.34. The first-order valence-corrected chi connectivity index (χ1v) is 11.9. The summed E-state index contributed by atoms with van der Waals surface area (Å²) in [5.74, 6) is 0.665. The summed E-state index contributed by atoms with van der Waals surface area (Å²) in [7, 11) is -3.38. The number of anilines is 2. The number of hydrogen-bond acceptors (Lipinski definition) is 4. The summed E-state index contributed by atoms with van der Waals surface area (Å²) in [6.45, 7) is -0.363. The Balaban J connectivity index is 1.74. The minimum absolute atomic E-state index is 0.0559. The van der Waals surface area contributed by atoms with Gasteiger partial charge < -0.3 is 15.0 Å². The lowest BCUT2D eigenvalue weighted by Gasteiger charge is -2.13. The molecule has 6 nitrogen and oxygen atoms in total. The molecule has 166 valence electrons. The average molecular weight is 450 g/mol. The van der Waals surface area contributed by atoms with E-state index in [-0.39, 0.29) is 11.5 Å². The summed E-state index contributed by atoms with van der Waals surface area (Å²) < 4.78 is 58.6. The number of benzene rings is 2. The highest BCUT2D eigenvalue weighted by Crippen LogP contribution is 2.41. The van der Waals surface area contributed by atoms with Crippen LogP contribution in [0.2, 0.25) is 0 Å². The highest BCUT2D eigenvalue weighted by molar-refractivity contribution is 7.92. The molecule has 3 N–H and O–H groups in total. The van der Waals surface area contributed by atoms with Gasteiger partial charge in [-0.1, -0.05) is 19.1 Å². The van der Waals surface area contributed by atoms with Crippen molar-refractivity contribution >= 4 is 32.3 Å². The van der Waals surface area contributed by atoms with Crippen molar-refractivity contribution in [2.24, 2.45) is 5.92 Å². The zero-order valence-corrected chi connectivity index (χ0v) is 18.0. The lowest BCUT2D eigenvalue weighted by atomic mass is 10.1. The van der Waals surface area contributed by atoms with Crippen LogP contribution in [0.5, 0.6) is 5.75 Å². The second-order valence-electron chi connectivity index (χ2n) is 7.87. The molecule has 0 amide bonds. The van der Waals surface area contributed by atoms with E-state index in [9.17, 15) is 17.2 Å². The number of nitrogens with two attached hydrogens (primary N) is 1. The first-order valence-electron chi connectivity index (χ1n) is 10.2. The van der Waals surface area contributed by atoms with Gasteiger partial charge in [-0.05, 0) is 49.4 Å². The van der Waals surface area contributed by atoms with Crippen LogP contribution in [0, 0.1) is 5.92 Å². The van der Waals surface area contributed by atoms with E-state index in [0.717, 1.165) is 41.5 Å². The SMILES string of the molecule is CCCS(=O)(=O)Nc1ccc(-c2c(N)c3ccc(OC(F)F)cc3n2CC2CC2)cc1. The van der Waals surface area contributed by atoms with Crippen molar-refractivity contribution in [3.8, 4) is 17.0 Å². The lowest BCUT2D eigenvalue weighted by molar-refractivity contribution is -0.0497. The summed E-state index contributed by atoms with van der Waals surface area (Å²) in [4.78, 5) is 0. The summed E-state index contributed by atoms with van der Waals surface area (Å²) in [5.41, 5.74) is 9.87. The van der Waals surface area contributed by atoms with Crippen LogP contribution in [-0.4, -0.2) is 25.3 Å². The molecular weight excluding hydrogens is 424 g/mol. The van der Waals surface area contributed by atoms with Crippen molar-refractivity contribution in [1.29, 1.82) is 0 Å².